The average molecular weight is 421 g/mol. The number of ether oxygens (including phenoxy) is 1. The Kier molecular flexibility index (Phi) is 6.65. The number of nitrogens with zero attached hydrogens (tertiary/aromatic N) is 2. The van der Waals surface area contributed by atoms with E-state index in [9.17, 15) is 4.79 Å². The van der Waals surface area contributed by atoms with E-state index in [0.717, 1.165) is 38.5 Å². The molecule has 1 amide bonds. The average Bonchev–Trinajstić information content (AvgIpc) is 3.41. The number of carbonyl (C=O) groups is 1. The van der Waals surface area contributed by atoms with Crippen LogP contribution < -0.4 is 4.74 Å². The molecular formula is C20H24N2O2S3. The summed E-state index contributed by atoms with van der Waals surface area (Å²) >= 11 is 5.73. The summed E-state index contributed by atoms with van der Waals surface area (Å²) < 4.78 is 6.28. The first kappa shape index (κ1) is 19.2. The van der Waals surface area contributed by atoms with Crippen molar-refractivity contribution in [3.8, 4) is 5.75 Å². The molecule has 2 aromatic rings. The molecule has 27 heavy (non-hydrogen) atoms. The second-order valence-corrected chi connectivity index (χ2v) is 10.2. The number of carbonyl (C=O) groups excluding carboxylic acids is 1. The molecule has 0 spiro atoms. The highest BCUT2D eigenvalue weighted by Crippen LogP contribution is 2.45. The van der Waals surface area contributed by atoms with Gasteiger partial charge in [0.1, 0.15) is 5.75 Å². The van der Waals surface area contributed by atoms with E-state index in [2.05, 4.69) is 33.9 Å². The second kappa shape index (κ2) is 9.37. The van der Waals surface area contributed by atoms with Crippen molar-refractivity contribution in [1.82, 2.24) is 9.80 Å². The molecule has 1 aromatic heterocycles. The second-order valence-electron chi connectivity index (χ2n) is 6.72. The van der Waals surface area contributed by atoms with E-state index in [1.807, 2.05) is 40.6 Å². The third kappa shape index (κ3) is 5.22. The Morgan fingerprint density at radius 3 is 2.44 bits per heavy atom. The molecule has 0 N–H and O–H groups in total. The van der Waals surface area contributed by atoms with E-state index < -0.39 is 0 Å². The molecule has 3 heterocycles. The van der Waals surface area contributed by atoms with Crippen LogP contribution in [-0.2, 0) is 11.3 Å². The van der Waals surface area contributed by atoms with Crippen LogP contribution in [0, 0.1) is 0 Å². The molecule has 0 bridgehead atoms. The third-order valence-electron chi connectivity index (χ3n) is 4.85. The Labute approximate surface area is 173 Å². The van der Waals surface area contributed by atoms with Crippen LogP contribution in [0.15, 0.2) is 41.1 Å². The van der Waals surface area contributed by atoms with Gasteiger partial charge >= 0.3 is 0 Å². The molecule has 0 atom stereocenters. The minimum absolute atomic E-state index is 0.0798. The molecule has 0 saturated carbocycles. The first-order valence-corrected chi connectivity index (χ1v) is 12.3. The number of hydrogen-bond acceptors (Lipinski definition) is 6. The van der Waals surface area contributed by atoms with Crippen molar-refractivity contribution in [3.63, 3.8) is 0 Å². The molecule has 7 heteroatoms. The Morgan fingerprint density at radius 1 is 1.04 bits per heavy atom. The first-order chi connectivity index (χ1) is 13.3. The zero-order valence-corrected chi connectivity index (χ0v) is 17.7. The van der Waals surface area contributed by atoms with Crippen LogP contribution >= 0.6 is 34.9 Å². The van der Waals surface area contributed by atoms with Gasteiger partial charge in [0.2, 0.25) is 0 Å². The molecule has 4 rings (SSSR count). The minimum atomic E-state index is 0.0798. The quantitative estimate of drug-likeness (QED) is 0.707. The third-order valence-corrected chi connectivity index (χ3v) is 8.68. The Hall–Kier alpha value is -1.15. The summed E-state index contributed by atoms with van der Waals surface area (Å²) in [5.74, 6) is 3.30. The molecule has 2 fully saturated rings. The molecule has 2 aliphatic heterocycles. The first-order valence-electron chi connectivity index (χ1n) is 9.25. The summed E-state index contributed by atoms with van der Waals surface area (Å²) in [6.07, 6.45) is 0. The number of piperazine rings is 1. The summed E-state index contributed by atoms with van der Waals surface area (Å²) in [5.41, 5.74) is 2.70. The molecule has 0 aliphatic carbocycles. The largest absolute Gasteiger partial charge is 0.484 e. The number of rotatable bonds is 6. The van der Waals surface area contributed by atoms with Crippen molar-refractivity contribution in [1.29, 1.82) is 0 Å². The van der Waals surface area contributed by atoms with Gasteiger partial charge in [0, 0.05) is 44.2 Å². The Bertz CT molecular complexity index is 722. The lowest BCUT2D eigenvalue weighted by atomic mass is 10.2. The van der Waals surface area contributed by atoms with Gasteiger partial charge in [0.05, 0.1) is 4.58 Å². The van der Waals surface area contributed by atoms with E-state index in [0.29, 0.717) is 4.58 Å². The van der Waals surface area contributed by atoms with Crippen molar-refractivity contribution >= 4 is 40.8 Å². The minimum Gasteiger partial charge on any atom is -0.484 e. The summed E-state index contributed by atoms with van der Waals surface area (Å²) in [6, 6.07) is 10.4. The van der Waals surface area contributed by atoms with E-state index in [1.165, 1.54) is 22.6 Å². The highest BCUT2D eigenvalue weighted by Gasteiger charge is 2.22. The monoisotopic (exact) mass is 420 g/mol. The number of thioether (sulfide) groups is 2. The molecule has 2 aliphatic rings. The number of hydrogen-bond donors (Lipinski definition) is 0. The van der Waals surface area contributed by atoms with E-state index in [4.69, 9.17) is 4.74 Å². The van der Waals surface area contributed by atoms with Crippen LogP contribution in [0.1, 0.15) is 15.7 Å². The fourth-order valence-corrected chi connectivity index (χ4v) is 6.82. The fourth-order valence-electron chi connectivity index (χ4n) is 3.30. The van der Waals surface area contributed by atoms with Crippen molar-refractivity contribution < 1.29 is 9.53 Å². The highest BCUT2D eigenvalue weighted by molar-refractivity contribution is 8.19. The van der Waals surface area contributed by atoms with Crippen molar-refractivity contribution in [2.45, 2.75) is 11.1 Å². The summed E-state index contributed by atoms with van der Waals surface area (Å²) in [5, 5.41) is 4.31. The molecular weight excluding hydrogens is 396 g/mol. The van der Waals surface area contributed by atoms with Gasteiger partial charge in [-0.1, -0.05) is 12.1 Å². The van der Waals surface area contributed by atoms with Crippen molar-refractivity contribution in [2.75, 3.05) is 44.3 Å². The molecule has 4 nitrogen and oxygen atoms in total. The van der Waals surface area contributed by atoms with Crippen LogP contribution in [0.4, 0.5) is 0 Å². The van der Waals surface area contributed by atoms with Gasteiger partial charge in [-0.25, -0.2) is 0 Å². The van der Waals surface area contributed by atoms with Crippen molar-refractivity contribution in [2.24, 2.45) is 0 Å². The fraction of sp³-hybridized carbons (Fsp3) is 0.450. The summed E-state index contributed by atoms with van der Waals surface area (Å²) in [6.45, 7) is 4.51. The lowest BCUT2D eigenvalue weighted by Crippen LogP contribution is -2.49. The van der Waals surface area contributed by atoms with Crippen LogP contribution in [0.5, 0.6) is 5.75 Å². The predicted molar refractivity (Wildman–Crippen MR) is 116 cm³/mol. The summed E-state index contributed by atoms with van der Waals surface area (Å²) in [7, 11) is 0. The van der Waals surface area contributed by atoms with E-state index in [1.54, 1.807) is 11.3 Å². The lowest BCUT2D eigenvalue weighted by Gasteiger charge is -2.34. The van der Waals surface area contributed by atoms with Gasteiger partial charge in [-0.15, -0.1) is 23.5 Å². The van der Waals surface area contributed by atoms with Crippen molar-refractivity contribution in [3.05, 3.63) is 52.2 Å². The summed E-state index contributed by atoms with van der Waals surface area (Å²) in [4.78, 5) is 16.8. The maximum Gasteiger partial charge on any atom is 0.260 e. The molecule has 1 aromatic carbocycles. The molecule has 0 radical (unpaired) electrons. The van der Waals surface area contributed by atoms with Gasteiger partial charge in [0.15, 0.2) is 6.61 Å². The smallest absolute Gasteiger partial charge is 0.260 e. The van der Waals surface area contributed by atoms with Crippen LogP contribution in [0.2, 0.25) is 0 Å². The number of benzene rings is 1. The van der Waals surface area contributed by atoms with Crippen LogP contribution in [0.25, 0.3) is 0 Å². The topological polar surface area (TPSA) is 32.8 Å². The number of thiophene rings is 1. The maximum absolute atomic E-state index is 12.4. The van der Waals surface area contributed by atoms with Gasteiger partial charge in [-0.2, -0.15) is 11.3 Å². The van der Waals surface area contributed by atoms with E-state index >= 15 is 0 Å². The normalized spacial score (nSPS) is 18.7. The molecule has 0 unspecified atom stereocenters. The zero-order valence-electron chi connectivity index (χ0n) is 15.2. The van der Waals surface area contributed by atoms with Crippen LogP contribution in [0.3, 0.4) is 0 Å². The Balaban J connectivity index is 1.20. The Morgan fingerprint density at radius 2 is 1.78 bits per heavy atom. The standard InChI is InChI=1S/C20H24N2O2S3/c23-19(22-8-6-21(7-9-22)13-16-5-10-25-15-16)14-24-18-3-1-17(2-4-18)20-26-11-12-27-20/h1-5,10,15,20H,6-9,11-14H2. The highest BCUT2D eigenvalue weighted by atomic mass is 32.2. The SMILES string of the molecule is O=C(COc1ccc(C2SCCS2)cc1)N1CCN(Cc2ccsc2)CC1. The van der Waals surface area contributed by atoms with E-state index in [-0.39, 0.29) is 12.5 Å². The number of amides is 1. The van der Waals surface area contributed by atoms with Crippen LogP contribution in [-0.4, -0.2) is 60.0 Å². The molecule has 144 valence electrons. The van der Waals surface area contributed by atoms with Gasteiger partial charge in [-0.3, -0.25) is 9.69 Å². The lowest BCUT2D eigenvalue weighted by molar-refractivity contribution is -0.135. The zero-order chi connectivity index (χ0) is 18.5. The van der Waals surface area contributed by atoms with Gasteiger partial charge < -0.3 is 9.64 Å². The molecule has 2 saturated heterocycles. The van der Waals surface area contributed by atoms with Gasteiger partial charge in [-0.05, 0) is 40.1 Å². The van der Waals surface area contributed by atoms with Gasteiger partial charge in [0.25, 0.3) is 5.91 Å². The predicted octanol–water partition coefficient (Wildman–Crippen LogP) is 3.95. The maximum atomic E-state index is 12.4.